The van der Waals surface area contributed by atoms with Crippen molar-refractivity contribution in [3.05, 3.63) is 82.6 Å². The van der Waals surface area contributed by atoms with E-state index in [-0.39, 0.29) is 22.5 Å². The maximum absolute atomic E-state index is 12.8. The van der Waals surface area contributed by atoms with E-state index in [0.29, 0.717) is 22.6 Å². The number of ether oxygens (including phenoxy) is 1. The van der Waals surface area contributed by atoms with Crippen LogP contribution in [0.25, 0.3) is 17.4 Å². The Morgan fingerprint density at radius 2 is 1.65 bits per heavy atom. The number of nitrogens with zero attached hydrogens (tertiary/aromatic N) is 1. The fourth-order valence-corrected chi connectivity index (χ4v) is 3.65. The highest BCUT2D eigenvalue weighted by molar-refractivity contribution is 6.31. The van der Waals surface area contributed by atoms with E-state index in [2.05, 4.69) is 15.5 Å². The molecular formula is C24H15N3O7. The summed E-state index contributed by atoms with van der Waals surface area (Å²) in [6, 6.07) is 13.9. The highest BCUT2D eigenvalue weighted by Crippen LogP contribution is 2.28. The smallest absolute Gasteiger partial charge is 0.337 e. The van der Waals surface area contributed by atoms with E-state index in [1.165, 1.54) is 43.5 Å². The molecule has 3 heterocycles. The van der Waals surface area contributed by atoms with Crippen molar-refractivity contribution in [2.75, 3.05) is 12.1 Å². The van der Waals surface area contributed by atoms with Crippen LogP contribution in [0.15, 0.2) is 64.6 Å². The second-order valence-corrected chi connectivity index (χ2v) is 7.42. The van der Waals surface area contributed by atoms with Gasteiger partial charge in [-0.25, -0.2) is 9.80 Å². The average Bonchev–Trinajstić information content (AvgIpc) is 3.51. The first-order chi connectivity index (χ1) is 16.4. The minimum absolute atomic E-state index is 0.142. The number of hydrogen-bond acceptors (Lipinski definition) is 7. The largest absolute Gasteiger partial charge is 0.465 e. The summed E-state index contributed by atoms with van der Waals surface area (Å²) in [4.78, 5) is 60.5. The van der Waals surface area contributed by atoms with Crippen LogP contribution >= 0.6 is 0 Å². The molecule has 3 aromatic rings. The molecule has 168 valence electrons. The zero-order valence-electron chi connectivity index (χ0n) is 17.6. The predicted octanol–water partition coefficient (Wildman–Crippen LogP) is 2.08. The first-order valence-corrected chi connectivity index (χ1v) is 10.0. The molecule has 2 N–H and O–H groups in total. The van der Waals surface area contributed by atoms with Crippen molar-refractivity contribution in [2.24, 2.45) is 0 Å². The Hall–Kier alpha value is -4.99. The zero-order valence-corrected chi connectivity index (χ0v) is 17.6. The second kappa shape index (κ2) is 7.85. The van der Waals surface area contributed by atoms with Gasteiger partial charge in [-0.1, -0.05) is 6.07 Å². The molecule has 1 aromatic heterocycles. The van der Waals surface area contributed by atoms with Gasteiger partial charge < -0.3 is 9.15 Å². The lowest BCUT2D eigenvalue weighted by Crippen LogP contribution is -2.35. The average molecular weight is 457 g/mol. The minimum Gasteiger partial charge on any atom is -0.465 e. The van der Waals surface area contributed by atoms with Crippen molar-refractivity contribution in [2.45, 2.75) is 0 Å². The van der Waals surface area contributed by atoms with Crippen LogP contribution in [-0.2, 0) is 14.3 Å². The van der Waals surface area contributed by atoms with Gasteiger partial charge in [-0.3, -0.25) is 29.9 Å². The van der Waals surface area contributed by atoms with Gasteiger partial charge in [-0.15, -0.1) is 0 Å². The van der Waals surface area contributed by atoms with E-state index >= 15 is 0 Å². The Labute approximate surface area is 191 Å². The number of hydrazine groups is 1. The number of imide groups is 1. The van der Waals surface area contributed by atoms with E-state index in [1.54, 1.807) is 24.3 Å². The molecule has 2 aliphatic heterocycles. The van der Waals surface area contributed by atoms with Crippen molar-refractivity contribution >= 4 is 41.4 Å². The fourth-order valence-electron chi connectivity index (χ4n) is 3.65. The van der Waals surface area contributed by atoms with Crippen LogP contribution < -0.4 is 15.8 Å². The summed E-state index contributed by atoms with van der Waals surface area (Å²) in [5, 5.41) is 3.29. The molecule has 0 radical (unpaired) electrons. The summed E-state index contributed by atoms with van der Waals surface area (Å²) in [5.41, 5.74) is 4.09. The van der Waals surface area contributed by atoms with Crippen molar-refractivity contribution in [1.82, 2.24) is 10.7 Å². The molecule has 0 spiro atoms. The Bertz CT molecular complexity index is 1430. The van der Waals surface area contributed by atoms with Crippen LogP contribution in [0, 0.1) is 0 Å². The number of esters is 1. The third kappa shape index (κ3) is 3.43. The summed E-state index contributed by atoms with van der Waals surface area (Å²) in [5.74, 6) is -2.03. The number of hydrogen-bond donors (Lipinski definition) is 2. The van der Waals surface area contributed by atoms with E-state index in [9.17, 15) is 24.0 Å². The van der Waals surface area contributed by atoms with Crippen molar-refractivity contribution in [1.29, 1.82) is 0 Å². The van der Waals surface area contributed by atoms with Crippen molar-refractivity contribution in [3.63, 3.8) is 0 Å². The SMILES string of the molecule is COC(=O)c1ccc(N2NC(=O)/C(=C/c3ccc(-c4ccc5c(c4)C(=O)NC5=O)o3)C2=O)cc1. The van der Waals surface area contributed by atoms with Crippen LogP contribution in [0.5, 0.6) is 0 Å². The van der Waals surface area contributed by atoms with Gasteiger partial charge in [0.1, 0.15) is 17.1 Å². The molecule has 5 rings (SSSR count). The molecule has 34 heavy (non-hydrogen) atoms. The molecule has 0 bridgehead atoms. The quantitative estimate of drug-likeness (QED) is 0.265. The Balaban J connectivity index is 1.39. The molecule has 2 aromatic carbocycles. The van der Waals surface area contributed by atoms with E-state index in [0.717, 1.165) is 5.01 Å². The lowest BCUT2D eigenvalue weighted by atomic mass is 10.0. The Morgan fingerprint density at radius 1 is 0.912 bits per heavy atom. The fraction of sp³-hybridized carbons (Fsp3) is 0.0417. The highest BCUT2D eigenvalue weighted by atomic mass is 16.5. The third-order valence-electron chi connectivity index (χ3n) is 5.37. The van der Waals surface area contributed by atoms with Crippen LogP contribution in [0.3, 0.4) is 0 Å². The third-order valence-corrected chi connectivity index (χ3v) is 5.37. The Kier molecular flexibility index (Phi) is 4.82. The molecule has 0 atom stereocenters. The number of anilines is 1. The molecule has 1 fully saturated rings. The molecule has 0 saturated carbocycles. The van der Waals surface area contributed by atoms with Gasteiger partial charge in [0.2, 0.25) is 0 Å². The van der Waals surface area contributed by atoms with Gasteiger partial charge in [0.25, 0.3) is 23.6 Å². The standard InChI is InChI=1S/C24H15N3O7/c1-33-24(32)12-2-5-14(6-3-12)27-23(31)18(22(30)26-27)11-15-7-9-19(34-15)13-4-8-16-17(10-13)21(29)25-20(16)28/h2-11H,1H3,(H,26,30)(H,25,28,29)/b18-11-. The summed E-state index contributed by atoms with van der Waals surface area (Å²) in [7, 11) is 1.26. The van der Waals surface area contributed by atoms with Gasteiger partial charge in [0, 0.05) is 5.56 Å². The monoisotopic (exact) mass is 457 g/mol. The summed E-state index contributed by atoms with van der Waals surface area (Å²) in [6.45, 7) is 0. The summed E-state index contributed by atoms with van der Waals surface area (Å²) < 4.78 is 10.4. The lowest BCUT2D eigenvalue weighted by molar-refractivity contribution is -0.117. The maximum atomic E-state index is 12.8. The second-order valence-electron chi connectivity index (χ2n) is 7.42. The number of fused-ring (bicyclic) bond motifs is 1. The van der Waals surface area contributed by atoms with Crippen molar-refractivity contribution in [3.8, 4) is 11.3 Å². The number of nitrogens with one attached hydrogen (secondary N) is 2. The summed E-state index contributed by atoms with van der Waals surface area (Å²) in [6.07, 6.45) is 1.31. The number of benzene rings is 2. The van der Waals surface area contributed by atoms with Crippen LogP contribution in [0.4, 0.5) is 5.69 Å². The van der Waals surface area contributed by atoms with Crippen LogP contribution in [-0.4, -0.2) is 36.7 Å². The molecule has 0 aliphatic carbocycles. The van der Waals surface area contributed by atoms with Gasteiger partial charge >= 0.3 is 5.97 Å². The van der Waals surface area contributed by atoms with Crippen LogP contribution in [0.1, 0.15) is 36.8 Å². The molecule has 10 nitrogen and oxygen atoms in total. The first-order valence-electron chi connectivity index (χ1n) is 10.0. The maximum Gasteiger partial charge on any atom is 0.337 e. The molecule has 1 saturated heterocycles. The summed E-state index contributed by atoms with van der Waals surface area (Å²) >= 11 is 0. The number of rotatable bonds is 4. The van der Waals surface area contributed by atoms with Crippen molar-refractivity contribution < 1.29 is 33.1 Å². The number of carbonyl (C=O) groups excluding carboxylic acids is 5. The molecule has 4 amide bonds. The minimum atomic E-state index is -0.618. The number of methoxy groups -OCH3 is 1. The molecule has 0 unspecified atom stereocenters. The number of carbonyl (C=O) groups is 5. The normalized spacial score (nSPS) is 16.0. The van der Waals surface area contributed by atoms with E-state index in [4.69, 9.17) is 4.42 Å². The highest BCUT2D eigenvalue weighted by Gasteiger charge is 2.35. The van der Waals surface area contributed by atoms with Gasteiger partial charge in [0.15, 0.2) is 0 Å². The number of furan rings is 1. The van der Waals surface area contributed by atoms with Gasteiger partial charge in [-0.05, 0) is 54.6 Å². The predicted molar refractivity (Wildman–Crippen MR) is 117 cm³/mol. The van der Waals surface area contributed by atoms with Gasteiger partial charge in [-0.2, -0.15) is 0 Å². The van der Waals surface area contributed by atoms with E-state index < -0.39 is 29.6 Å². The Morgan fingerprint density at radius 3 is 2.38 bits per heavy atom. The van der Waals surface area contributed by atoms with E-state index in [1.807, 2.05) is 0 Å². The molecule has 2 aliphatic rings. The first kappa shape index (κ1) is 20.9. The molecule has 10 heteroatoms. The zero-order chi connectivity index (χ0) is 24.0. The lowest BCUT2D eigenvalue weighted by Gasteiger charge is -2.14. The topological polar surface area (TPSA) is 135 Å². The van der Waals surface area contributed by atoms with Crippen LogP contribution in [0.2, 0.25) is 0 Å². The van der Waals surface area contributed by atoms with Gasteiger partial charge in [0.05, 0.1) is 29.5 Å². The number of amides is 4. The molecular weight excluding hydrogens is 442 g/mol.